The summed E-state index contributed by atoms with van der Waals surface area (Å²) in [7, 11) is 3.24. The number of anilines is 2. The fraction of sp³-hybridized carbons (Fsp3) is 0.217. The molecule has 2 heterocycles. The van der Waals surface area contributed by atoms with Gasteiger partial charge >= 0.3 is 0 Å². The molecule has 2 aromatic carbocycles. The molecular weight excluding hydrogens is 396 g/mol. The fourth-order valence-corrected chi connectivity index (χ4v) is 4.47. The number of aromatic nitrogens is 2. The van der Waals surface area contributed by atoms with Crippen LogP contribution in [0.15, 0.2) is 48.5 Å². The van der Waals surface area contributed by atoms with Gasteiger partial charge in [-0.3, -0.25) is 0 Å². The average molecular weight is 421 g/mol. The van der Waals surface area contributed by atoms with Crippen LogP contribution in [0.1, 0.15) is 23.7 Å². The van der Waals surface area contributed by atoms with Crippen LogP contribution in [0.25, 0.3) is 21.3 Å². The van der Waals surface area contributed by atoms with E-state index in [0.29, 0.717) is 17.3 Å². The lowest BCUT2D eigenvalue weighted by molar-refractivity contribution is 0.356. The molecule has 0 spiro atoms. The molecule has 0 saturated heterocycles. The Morgan fingerprint density at radius 2 is 1.73 bits per heavy atom. The zero-order valence-corrected chi connectivity index (χ0v) is 18.2. The number of fused-ring (bicyclic) bond motifs is 1. The lowest BCUT2D eigenvalue weighted by atomic mass is 10.1. The summed E-state index contributed by atoms with van der Waals surface area (Å²) in [5.74, 6) is 2.74. The second-order valence-corrected chi connectivity index (χ2v) is 8.11. The number of methoxy groups -OCH3 is 2. The van der Waals surface area contributed by atoms with Crippen LogP contribution >= 0.6 is 11.3 Å². The van der Waals surface area contributed by atoms with Gasteiger partial charge in [0.1, 0.15) is 11.6 Å². The summed E-state index contributed by atoms with van der Waals surface area (Å²) in [4.78, 5) is 11.5. The minimum atomic E-state index is 0.0549. The Balaban J connectivity index is 1.68. The number of rotatable bonds is 6. The number of aryl methyl sites for hydroxylation is 1. The highest BCUT2D eigenvalue weighted by Crippen LogP contribution is 2.37. The third kappa shape index (κ3) is 3.76. The average Bonchev–Trinajstić information content (AvgIpc) is 3.23. The first kappa shape index (κ1) is 20.0. The molecule has 30 heavy (non-hydrogen) atoms. The van der Waals surface area contributed by atoms with Crippen molar-refractivity contribution in [3.05, 3.63) is 59.2 Å². The van der Waals surface area contributed by atoms with Gasteiger partial charge < -0.3 is 20.5 Å². The number of nitrogens with two attached hydrogens (primary N) is 1. The van der Waals surface area contributed by atoms with Crippen molar-refractivity contribution in [2.75, 3.05) is 25.3 Å². The van der Waals surface area contributed by atoms with Gasteiger partial charge in [-0.2, -0.15) is 0 Å². The van der Waals surface area contributed by atoms with E-state index in [-0.39, 0.29) is 6.04 Å². The Labute approximate surface area is 179 Å². The normalized spacial score (nSPS) is 12.0. The number of ether oxygens (including phenoxy) is 2. The van der Waals surface area contributed by atoms with Crippen molar-refractivity contribution in [3.63, 3.8) is 0 Å². The van der Waals surface area contributed by atoms with Gasteiger partial charge in [0, 0.05) is 32.5 Å². The number of benzene rings is 2. The van der Waals surface area contributed by atoms with E-state index in [9.17, 15) is 0 Å². The fourth-order valence-electron chi connectivity index (χ4n) is 3.41. The molecule has 0 aliphatic heterocycles. The van der Waals surface area contributed by atoms with Crippen LogP contribution in [0.5, 0.6) is 11.5 Å². The Bertz CT molecular complexity index is 1210. The van der Waals surface area contributed by atoms with Crippen molar-refractivity contribution < 1.29 is 9.47 Å². The zero-order chi connectivity index (χ0) is 21.3. The van der Waals surface area contributed by atoms with E-state index in [1.54, 1.807) is 25.6 Å². The topological polar surface area (TPSA) is 82.3 Å². The number of hydrogen-bond acceptors (Lipinski definition) is 7. The van der Waals surface area contributed by atoms with Crippen LogP contribution in [0.4, 0.5) is 11.5 Å². The van der Waals surface area contributed by atoms with Gasteiger partial charge in [-0.1, -0.05) is 18.2 Å². The highest BCUT2D eigenvalue weighted by molar-refractivity contribution is 7.15. The second kappa shape index (κ2) is 8.20. The number of para-hydroxylation sites is 1. The monoisotopic (exact) mass is 420 g/mol. The predicted molar refractivity (Wildman–Crippen MR) is 124 cm³/mol. The third-order valence-corrected chi connectivity index (χ3v) is 6.25. The Kier molecular flexibility index (Phi) is 5.46. The molecular formula is C23H24N4O2S. The third-order valence-electron chi connectivity index (χ3n) is 4.95. The van der Waals surface area contributed by atoms with E-state index >= 15 is 0 Å². The van der Waals surface area contributed by atoms with Crippen molar-refractivity contribution in [3.8, 4) is 21.9 Å². The number of nitrogen functional groups attached to an aromatic ring is 1. The Hall–Kier alpha value is -3.32. The smallest absolute Gasteiger partial charge is 0.162 e. The summed E-state index contributed by atoms with van der Waals surface area (Å²) in [6, 6.07) is 16.0. The van der Waals surface area contributed by atoms with Crippen LogP contribution in [-0.2, 0) is 0 Å². The summed E-state index contributed by atoms with van der Waals surface area (Å²) < 4.78 is 10.9. The second-order valence-electron chi connectivity index (χ2n) is 7.00. The summed E-state index contributed by atoms with van der Waals surface area (Å²) in [5.41, 5.74) is 8.79. The lowest BCUT2D eigenvalue weighted by Gasteiger charge is -2.16. The molecule has 4 aromatic rings. The number of nitrogens with one attached hydrogen (secondary N) is 1. The van der Waals surface area contributed by atoms with Crippen molar-refractivity contribution in [2.24, 2.45) is 0 Å². The van der Waals surface area contributed by atoms with E-state index in [1.807, 2.05) is 43.3 Å². The SMILES string of the molecule is COc1cc2nc(C)nc(NC(C)c3ccc(-c4ccccc4N)s3)c2cc1OC. The zero-order valence-electron chi connectivity index (χ0n) is 17.4. The van der Waals surface area contributed by atoms with Crippen LogP contribution < -0.4 is 20.5 Å². The first-order chi connectivity index (χ1) is 14.5. The molecule has 4 rings (SSSR count). The van der Waals surface area contributed by atoms with Crippen LogP contribution in [0.2, 0.25) is 0 Å². The maximum absolute atomic E-state index is 6.14. The molecule has 0 radical (unpaired) electrons. The summed E-state index contributed by atoms with van der Waals surface area (Å²) in [6.45, 7) is 4.00. The number of nitrogens with zero attached hydrogens (tertiary/aromatic N) is 2. The quantitative estimate of drug-likeness (QED) is 0.404. The van der Waals surface area contributed by atoms with E-state index < -0.39 is 0 Å². The highest BCUT2D eigenvalue weighted by Gasteiger charge is 2.16. The van der Waals surface area contributed by atoms with Gasteiger partial charge in [0.25, 0.3) is 0 Å². The summed E-state index contributed by atoms with van der Waals surface area (Å²) in [5, 5.41) is 4.43. The van der Waals surface area contributed by atoms with E-state index in [2.05, 4.69) is 34.3 Å². The Morgan fingerprint density at radius 3 is 2.47 bits per heavy atom. The van der Waals surface area contributed by atoms with Gasteiger partial charge in [-0.15, -0.1) is 11.3 Å². The lowest BCUT2D eigenvalue weighted by Crippen LogP contribution is -2.08. The molecule has 154 valence electrons. The van der Waals surface area contributed by atoms with Gasteiger partial charge in [-0.05, 0) is 38.1 Å². The number of thiophene rings is 1. The molecule has 2 aromatic heterocycles. The van der Waals surface area contributed by atoms with Crippen molar-refractivity contribution >= 4 is 33.7 Å². The van der Waals surface area contributed by atoms with Gasteiger partial charge in [0.05, 0.1) is 25.8 Å². The van der Waals surface area contributed by atoms with Gasteiger partial charge in [0.2, 0.25) is 0 Å². The summed E-state index contributed by atoms with van der Waals surface area (Å²) >= 11 is 1.72. The van der Waals surface area contributed by atoms with Crippen molar-refractivity contribution in [1.29, 1.82) is 0 Å². The summed E-state index contributed by atoms with van der Waals surface area (Å²) in [6.07, 6.45) is 0. The van der Waals surface area contributed by atoms with E-state index in [1.165, 1.54) is 4.88 Å². The molecule has 0 aliphatic rings. The minimum Gasteiger partial charge on any atom is -0.493 e. The molecule has 3 N–H and O–H groups in total. The van der Waals surface area contributed by atoms with Gasteiger partial charge in [-0.25, -0.2) is 9.97 Å². The van der Waals surface area contributed by atoms with E-state index in [0.717, 1.165) is 32.8 Å². The van der Waals surface area contributed by atoms with Crippen LogP contribution in [-0.4, -0.2) is 24.2 Å². The largest absolute Gasteiger partial charge is 0.493 e. The minimum absolute atomic E-state index is 0.0549. The maximum atomic E-state index is 6.14. The standard InChI is InChI=1S/C23H24N4O2S/c1-13(21-9-10-22(30-21)15-7-5-6-8-17(15)24)25-23-16-11-19(28-3)20(29-4)12-18(16)26-14(2)27-23/h5-13H,24H2,1-4H3,(H,25,26,27). The molecule has 1 unspecified atom stereocenters. The van der Waals surface area contributed by atoms with Gasteiger partial charge in [0.15, 0.2) is 11.5 Å². The predicted octanol–water partition coefficient (Wildman–Crippen LogP) is 5.44. The van der Waals surface area contributed by atoms with Crippen LogP contribution in [0.3, 0.4) is 0 Å². The molecule has 0 bridgehead atoms. The first-order valence-corrected chi connectivity index (χ1v) is 10.4. The molecule has 0 aliphatic carbocycles. The molecule has 0 amide bonds. The molecule has 6 nitrogen and oxygen atoms in total. The molecule has 0 fully saturated rings. The van der Waals surface area contributed by atoms with E-state index in [4.69, 9.17) is 15.2 Å². The first-order valence-electron chi connectivity index (χ1n) is 9.61. The van der Waals surface area contributed by atoms with Crippen molar-refractivity contribution in [1.82, 2.24) is 9.97 Å². The highest BCUT2D eigenvalue weighted by atomic mass is 32.1. The molecule has 0 saturated carbocycles. The maximum Gasteiger partial charge on any atom is 0.162 e. The molecule has 1 atom stereocenters. The Morgan fingerprint density at radius 1 is 1.00 bits per heavy atom. The molecule has 7 heteroatoms. The number of hydrogen-bond donors (Lipinski definition) is 2. The van der Waals surface area contributed by atoms with Crippen molar-refractivity contribution in [2.45, 2.75) is 19.9 Å². The van der Waals surface area contributed by atoms with Crippen LogP contribution in [0, 0.1) is 6.92 Å².